The highest BCUT2D eigenvalue weighted by Gasteiger charge is 2.26. The average molecular weight is 287 g/mol. The van der Waals surface area contributed by atoms with Gasteiger partial charge in [-0.3, -0.25) is 4.90 Å². The molecule has 21 heavy (non-hydrogen) atoms. The maximum absolute atomic E-state index is 6.12. The van der Waals surface area contributed by atoms with Crippen LogP contribution in [-0.4, -0.2) is 41.5 Å². The minimum atomic E-state index is 0.686. The van der Waals surface area contributed by atoms with Gasteiger partial charge in [0.1, 0.15) is 0 Å². The summed E-state index contributed by atoms with van der Waals surface area (Å²) in [5, 5.41) is 0. The van der Waals surface area contributed by atoms with Crippen molar-refractivity contribution >= 4 is 5.69 Å². The summed E-state index contributed by atoms with van der Waals surface area (Å²) in [7, 11) is 0. The highest BCUT2D eigenvalue weighted by atomic mass is 15.2. The number of hydrogen-bond acceptors (Lipinski definition) is 3. The molecule has 0 aromatic heterocycles. The van der Waals surface area contributed by atoms with Gasteiger partial charge in [-0.1, -0.05) is 12.1 Å². The minimum absolute atomic E-state index is 0.686. The fourth-order valence-electron chi connectivity index (χ4n) is 3.96. The Labute approximate surface area is 129 Å². The molecule has 0 bridgehead atoms. The SMILES string of the molecule is CC(C)N1CCCC(N2CCc3c(N)cccc3C2)CC1. The van der Waals surface area contributed by atoms with Crippen LogP contribution in [0.4, 0.5) is 5.69 Å². The zero-order valence-electron chi connectivity index (χ0n) is 13.5. The summed E-state index contributed by atoms with van der Waals surface area (Å²) in [6.07, 6.45) is 5.12. The average Bonchev–Trinajstić information content (AvgIpc) is 2.73. The first-order chi connectivity index (χ1) is 10.1. The second kappa shape index (κ2) is 6.37. The van der Waals surface area contributed by atoms with E-state index in [2.05, 4.69) is 35.8 Å². The summed E-state index contributed by atoms with van der Waals surface area (Å²) < 4.78 is 0. The van der Waals surface area contributed by atoms with Crippen molar-refractivity contribution in [1.82, 2.24) is 9.80 Å². The second-order valence-electron chi connectivity index (χ2n) is 6.92. The minimum Gasteiger partial charge on any atom is -0.398 e. The lowest BCUT2D eigenvalue weighted by molar-refractivity contribution is 0.157. The fourth-order valence-corrected chi connectivity index (χ4v) is 3.96. The molecule has 116 valence electrons. The van der Waals surface area contributed by atoms with E-state index in [1.54, 1.807) is 0 Å². The summed E-state index contributed by atoms with van der Waals surface area (Å²) in [4.78, 5) is 5.33. The number of nitrogen functional groups attached to an aromatic ring is 1. The first-order valence-corrected chi connectivity index (χ1v) is 8.49. The molecule has 0 aliphatic carbocycles. The van der Waals surface area contributed by atoms with Crippen molar-refractivity contribution in [3.63, 3.8) is 0 Å². The van der Waals surface area contributed by atoms with E-state index in [9.17, 15) is 0 Å². The monoisotopic (exact) mass is 287 g/mol. The third-order valence-electron chi connectivity index (χ3n) is 5.31. The van der Waals surface area contributed by atoms with E-state index in [1.807, 2.05) is 6.07 Å². The van der Waals surface area contributed by atoms with Crippen LogP contribution >= 0.6 is 0 Å². The van der Waals surface area contributed by atoms with Crippen molar-refractivity contribution in [3.8, 4) is 0 Å². The van der Waals surface area contributed by atoms with Crippen LogP contribution in [0.1, 0.15) is 44.2 Å². The third kappa shape index (κ3) is 3.24. The molecule has 2 aliphatic rings. The first kappa shape index (κ1) is 14.9. The quantitative estimate of drug-likeness (QED) is 0.849. The summed E-state index contributed by atoms with van der Waals surface area (Å²) in [5.74, 6) is 0. The maximum Gasteiger partial charge on any atom is 0.0350 e. The zero-order valence-corrected chi connectivity index (χ0v) is 13.5. The Balaban J connectivity index is 1.66. The van der Waals surface area contributed by atoms with Crippen molar-refractivity contribution in [2.24, 2.45) is 0 Å². The van der Waals surface area contributed by atoms with E-state index >= 15 is 0 Å². The van der Waals surface area contributed by atoms with Crippen molar-refractivity contribution in [1.29, 1.82) is 0 Å². The first-order valence-electron chi connectivity index (χ1n) is 8.49. The van der Waals surface area contributed by atoms with Crippen LogP contribution in [0.3, 0.4) is 0 Å². The summed E-state index contributed by atoms with van der Waals surface area (Å²) >= 11 is 0. The molecule has 1 aromatic rings. The van der Waals surface area contributed by atoms with Gasteiger partial charge in [-0.05, 0) is 69.8 Å². The van der Waals surface area contributed by atoms with E-state index in [0.29, 0.717) is 6.04 Å². The van der Waals surface area contributed by atoms with Gasteiger partial charge in [-0.25, -0.2) is 0 Å². The summed E-state index contributed by atoms with van der Waals surface area (Å²) in [5.41, 5.74) is 9.95. The van der Waals surface area contributed by atoms with Gasteiger partial charge >= 0.3 is 0 Å². The molecule has 2 heterocycles. The van der Waals surface area contributed by atoms with Crippen LogP contribution in [0.25, 0.3) is 0 Å². The number of fused-ring (bicyclic) bond motifs is 1. The van der Waals surface area contributed by atoms with Gasteiger partial charge in [-0.2, -0.15) is 0 Å². The van der Waals surface area contributed by atoms with Gasteiger partial charge in [0.05, 0.1) is 0 Å². The normalized spacial score (nSPS) is 24.8. The van der Waals surface area contributed by atoms with E-state index in [1.165, 1.54) is 50.0 Å². The predicted molar refractivity (Wildman–Crippen MR) is 89.3 cm³/mol. The van der Waals surface area contributed by atoms with Crippen molar-refractivity contribution < 1.29 is 0 Å². The molecule has 0 radical (unpaired) electrons. The van der Waals surface area contributed by atoms with Crippen molar-refractivity contribution in [2.45, 2.75) is 58.2 Å². The molecule has 1 atom stereocenters. The van der Waals surface area contributed by atoms with E-state index in [-0.39, 0.29) is 0 Å². The molecule has 1 fully saturated rings. The van der Waals surface area contributed by atoms with Gasteiger partial charge in [-0.15, -0.1) is 0 Å². The van der Waals surface area contributed by atoms with Gasteiger partial charge in [0.25, 0.3) is 0 Å². The molecule has 0 spiro atoms. The lowest BCUT2D eigenvalue weighted by Crippen LogP contribution is -2.40. The molecule has 3 heteroatoms. The molecule has 1 saturated heterocycles. The largest absolute Gasteiger partial charge is 0.398 e. The predicted octanol–water partition coefficient (Wildman–Crippen LogP) is 2.89. The van der Waals surface area contributed by atoms with Crippen molar-refractivity contribution in [3.05, 3.63) is 29.3 Å². The Morgan fingerprint density at radius 1 is 1.14 bits per heavy atom. The van der Waals surface area contributed by atoms with Crippen LogP contribution in [0, 0.1) is 0 Å². The van der Waals surface area contributed by atoms with E-state index in [4.69, 9.17) is 5.73 Å². The smallest absolute Gasteiger partial charge is 0.0350 e. The zero-order chi connectivity index (χ0) is 14.8. The molecule has 3 nitrogen and oxygen atoms in total. The number of nitrogens with two attached hydrogens (primary N) is 1. The lowest BCUT2D eigenvalue weighted by atomic mass is 9.95. The summed E-state index contributed by atoms with van der Waals surface area (Å²) in [6.45, 7) is 9.43. The Morgan fingerprint density at radius 3 is 2.81 bits per heavy atom. The summed E-state index contributed by atoms with van der Waals surface area (Å²) in [6, 6.07) is 7.84. The topological polar surface area (TPSA) is 32.5 Å². The molecule has 1 unspecified atom stereocenters. The Kier molecular flexibility index (Phi) is 4.51. The standard InChI is InChI=1S/C18H29N3/c1-14(2)20-10-4-6-16(8-11-20)21-12-9-17-15(13-21)5-3-7-18(17)19/h3,5,7,14,16H,4,6,8-13,19H2,1-2H3. The van der Waals surface area contributed by atoms with Gasteiger partial charge in [0.2, 0.25) is 0 Å². The van der Waals surface area contributed by atoms with Crippen LogP contribution in [-0.2, 0) is 13.0 Å². The number of anilines is 1. The fraction of sp³-hybridized carbons (Fsp3) is 0.667. The maximum atomic E-state index is 6.12. The molecule has 0 amide bonds. The van der Waals surface area contributed by atoms with Gasteiger partial charge in [0.15, 0.2) is 0 Å². The molecular formula is C18H29N3. The number of likely N-dealkylation sites (tertiary alicyclic amines) is 1. The van der Waals surface area contributed by atoms with Gasteiger partial charge < -0.3 is 10.6 Å². The molecule has 1 aromatic carbocycles. The van der Waals surface area contributed by atoms with Crippen molar-refractivity contribution in [2.75, 3.05) is 25.4 Å². The Bertz CT molecular complexity index is 483. The lowest BCUT2D eigenvalue weighted by Gasteiger charge is -2.36. The molecular weight excluding hydrogens is 258 g/mol. The highest BCUT2D eigenvalue weighted by molar-refractivity contribution is 5.51. The number of nitrogens with zero attached hydrogens (tertiary/aromatic N) is 2. The number of hydrogen-bond donors (Lipinski definition) is 1. The molecule has 0 saturated carbocycles. The van der Waals surface area contributed by atoms with Crippen LogP contribution in [0.15, 0.2) is 18.2 Å². The van der Waals surface area contributed by atoms with E-state index < -0.39 is 0 Å². The van der Waals surface area contributed by atoms with Gasteiger partial charge in [0, 0.05) is 30.9 Å². The third-order valence-corrected chi connectivity index (χ3v) is 5.31. The Morgan fingerprint density at radius 2 is 2.00 bits per heavy atom. The van der Waals surface area contributed by atoms with E-state index in [0.717, 1.165) is 24.7 Å². The van der Waals surface area contributed by atoms with Crippen LogP contribution in [0.5, 0.6) is 0 Å². The molecule has 3 rings (SSSR count). The Hall–Kier alpha value is -1.06. The molecule has 2 N–H and O–H groups in total. The number of rotatable bonds is 2. The van der Waals surface area contributed by atoms with Crippen LogP contribution in [0.2, 0.25) is 0 Å². The van der Waals surface area contributed by atoms with Crippen LogP contribution < -0.4 is 5.73 Å². The number of benzene rings is 1. The highest BCUT2D eigenvalue weighted by Crippen LogP contribution is 2.28. The second-order valence-corrected chi connectivity index (χ2v) is 6.92. The molecule has 2 aliphatic heterocycles.